The Morgan fingerprint density at radius 2 is 2.00 bits per heavy atom. The van der Waals surface area contributed by atoms with Crippen LogP contribution in [0.5, 0.6) is 0 Å². The Morgan fingerprint density at radius 1 is 1.21 bits per heavy atom. The number of hydrogen-bond donors (Lipinski definition) is 1. The molecule has 2 unspecified atom stereocenters. The van der Waals surface area contributed by atoms with Crippen LogP contribution >= 0.6 is 24.0 Å². The molecule has 2 atom stereocenters. The highest BCUT2D eigenvalue weighted by Crippen LogP contribution is 2.50. The third kappa shape index (κ3) is 2.99. The van der Waals surface area contributed by atoms with E-state index in [0.717, 1.165) is 47.8 Å². The molecule has 0 saturated heterocycles. The van der Waals surface area contributed by atoms with E-state index in [-0.39, 0.29) is 24.2 Å². The first kappa shape index (κ1) is 17.1. The van der Waals surface area contributed by atoms with Gasteiger partial charge >= 0.3 is 0 Å². The Balaban J connectivity index is 0.00000169. The van der Waals surface area contributed by atoms with Gasteiger partial charge in [-0.1, -0.05) is 29.8 Å². The van der Waals surface area contributed by atoms with Crippen molar-refractivity contribution in [2.75, 3.05) is 17.2 Å². The van der Waals surface area contributed by atoms with E-state index < -0.39 is 0 Å². The minimum Gasteiger partial charge on any atom is -0.398 e. The van der Waals surface area contributed by atoms with Crippen LogP contribution in [0.3, 0.4) is 0 Å². The first-order valence-electron chi connectivity index (χ1n) is 8.09. The first-order valence-corrected chi connectivity index (χ1v) is 8.47. The average molecular weight is 363 g/mol. The molecule has 1 aliphatic heterocycles. The van der Waals surface area contributed by atoms with Crippen molar-refractivity contribution in [3.63, 3.8) is 0 Å². The van der Waals surface area contributed by atoms with E-state index in [1.54, 1.807) is 0 Å². The zero-order chi connectivity index (χ0) is 16.0. The summed E-state index contributed by atoms with van der Waals surface area (Å²) in [5, 5.41) is 0.733. The third-order valence-electron chi connectivity index (χ3n) is 4.94. The van der Waals surface area contributed by atoms with Gasteiger partial charge in [0.15, 0.2) is 0 Å². The number of rotatable bonds is 2. The summed E-state index contributed by atoms with van der Waals surface area (Å²) >= 11 is 6.07. The molecule has 0 bridgehead atoms. The van der Waals surface area contributed by atoms with E-state index in [2.05, 4.69) is 6.07 Å². The molecule has 5 heteroatoms. The summed E-state index contributed by atoms with van der Waals surface area (Å²) in [6, 6.07) is 13.7. The molecule has 1 fully saturated rings. The van der Waals surface area contributed by atoms with E-state index in [0.29, 0.717) is 5.92 Å². The summed E-state index contributed by atoms with van der Waals surface area (Å²) < 4.78 is 0. The quantitative estimate of drug-likeness (QED) is 0.803. The molecular weight excluding hydrogens is 343 g/mol. The monoisotopic (exact) mass is 362 g/mol. The van der Waals surface area contributed by atoms with Crippen molar-refractivity contribution in [2.24, 2.45) is 5.92 Å². The number of anilines is 2. The number of hydrogen-bond acceptors (Lipinski definition) is 2. The molecule has 1 amide bonds. The summed E-state index contributed by atoms with van der Waals surface area (Å²) in [5.41, 5.74) is 10.2. The molecule has 24 heavy (non-hydrogen) atoms. The molecule has 0 spiro atoms. The van der Waals surface area contributed by atoms with Crippen molar-refractivity contribution in [2.45, 2.75) is 25.2 Å². The fourth-order valence-electron chi connectivity index (χ4n) is 3.65. The molecule has 2 N–H and O–H groups in total. The zero-order valence-electron chi connectivity index (χ0n) is 13.2. The summed E-state index contributed by atoms with van der Waals surface area (Å²) in [7, 11) is 0. The number of amides is 1. The maximum absolute atomic E-state index is 13.0. The Hall–Kier alpha value is -1.71. The lowest BCUT2D eigenvalue weighted by molar-refractivity contribution is -0.120. The van der Waals surface area contributed by atoms with Crippen molar-refractivity contribution >= 4 is 41.3 Å². The van der Waals surface area contributed by atoms with Crippen LogP contribution < -0.4 is 10.6 Å². The van der Waals surface area contributed by atoms with Crippen LogP contribution in [0.1, 0.15) is 29.9 Å². The Kier molecular flexibility index (Phi) is 4.75. The molecule has 126 valence electrons. The Morgan fingerprint density at radius 3 is 2.79 bits per heavy atom. The molecule has 2 aromatic carbocycles. The van der Waals surface area contributed by atoms with E-state index >= 15 is 0 Å². The predicted molar refractivity (Wildman–Crippen MR) is 101 cm³/mol. The smallest absolute Gasteiger partial charge is 0.230 e. The highest BCUT2D eigenvalue weighted by atomic mass is 35.5. The SMILES string of the molecule is Cl.Nc1cccc2c1CCCN2C(=O)C1CC1c1cccc(Cl)c1. The van der Waals surface area contributed by atoms with Crippen LogP contribution in [0, 0.1) is 5.92 Å². The molecule has 4 rings (SSSR count). The molecule has 3 nitrogen and oxygen atoms in total. The number of benzene rings is 2. The number of fused-ring (bicyclic) bond motifs is 1. The molecule has 0 radical (unpaired) electrons. The minimum absolute atomic E-state index is 0. The normalized spacial score (nSPS) is 21.6. The molecule has 2 aromatic rings. The lowest BCUT2D eigenvalue weighted by atomic mass is 9.99. The number of carbonyl (C=O) groups excluding carboxylic acids is 1. The van der Waals surface area contributed by atoms with Gasteiger partial charge in [0.2, 0.25) is 5.91 Å². The van der Waals surface area contributed by atoms with E-state index in [9.17, 15) is 4.79 Å². The second kappa shape index (κ2) is 6.66. The standard InChI is InChI=1S/C19H19ClN2O.ClH/c20-13-5-1-4-12(10-13)15-11-16(15)19(23)22-9-3-6-14-17(21)7-2-8-18(14)22;/h1-2,4-5,7-8,10,15-16H,3,6,9,11,21H2;1H. The summed E-state index contributed by atoms with van der Waals surface area (Å²) in [4.78, 5) is 14.9. The maximum atomic E-state index is 13.0. The van der Waals surface area contributed by atoms with Crippen molar-refractivity contribution in [3.05, 3.63) is 58.6 Å². The van der Waals surface area contributed by atoms with Gasteiger partial charge in [0.1, 0.15) is 0 Å². The topological polar surface area (TPSA) is 46.3 Å². The molecular formula is C19H20Cl2N2O. The van der Waals surface area contributed by atoms with Crippen LogP contribution in [0.2, 0.25) is 5.02 Å². The lowest BCUT2D eigenvalue weighted by Gasteiger charge is -2.30. The van der Waals surface area contributed by atoms with E-state index in [1.807, 2.05) is 41.3 Å². The fourth-order valence-corrected chi connectivity index (χ4v) is 3.85. The molecule has 0 aromatic heterocycles. The van der Waals surface area contributed by atoms with Crippen molar-refractivity contribution in [3.8, 4) is 0 Å². The highest BCUT2D eigenvalue weighted by Gasteiger charge is 2.46. The van der Waals surface area contributed by atoms with Gasteiger partial charge in [-0.15, -0.1) is 12.4 Å². The second-order valence-electron chi connectivity index (χ2n) is 6.44. The van der Waals surface area contributed by atoms with Gasteiger partial charge in [0, 0.05) is 28.9 Å². The highest BCUT2D eigenvalue weighted by molar-refractivity contribution is 6.30. The van der Waals surface area contributed by atoms with Crippen molar-refractivity contribution < 1.29 is 4.79 Å². The number of halogens is 2. The van der Waals surface area contributed by atoms with Crippen LogP contribution in [0.4, 0.5) is 11.4 Å². The molecule has 2 aliphatic rings. The van der Waals surface area contributed by atoms with Crippen LogP contribution in [0.25, 0.3) is 0 Å². The second-order valence-corrected chi connectivity index (χ2v) is 6.88. The van der Waals surface area contributed by atoms with Gasteiger partial charge in [-0.2, -0.15) is 0 Å². The Labute approximate surface area is 153 Å². The average Bonchev–Trinajstić information content (AvgIpc) is 3.35. The van der Waals surface area contributed by atoms with Gasteiger partial charge in [0.25, 0.3) is 0 Å². The van der Waals surface area contributed by atoms with Gasteiger partial charge < -0.3 is 10.6 Å². The van der Waals surface area contributed by atoms with E-state index in [1.165, 1.54) is 5.56 Å². The van der Waals surface area contributed by atoms with Crippen molar-refractivity contribution in [1.29, 1.82) is 0 Å². The Bertz CT molecular complexity index is 778. The summed E-state index contributed by atoms with van der Waals surface area (Å²) in [6.45, 7) is 0.786. The van der Waals surface area contributed by atoms with E-state index in [4.69, 9.17) is 17.3 Å². The van der Waals surface area contributed by atoms with Gasteiger partial charge in [0.05, 0.1) is 0 Å². The summed E-state index contributed by atoms with van der Waals surface area (Å²) in [5.74, 6) is 0.593. The first-order chi connectivity index (χ1) is 11.1. The fraction of sp³-hybridized carbons (Fsp3) is 0.316. The predicted octanol–water partition coefficient (Wildman–Crippen LogP) is 4.43. The van der Waals surface area contributed by atoms with Crippen molar-refractivity contribution in [1.82, 2.24) is 0 Å². The lowest BCUT2D eigenvalue weighted by Crippen LogP contribution is -2.37. The number of nitrogen functional groups attached to an aromatic ring is 1. The summed E-state index contributed by atoms with van der Waals surface area (Å²) in [6.07, 6.45) is 2.84. The van der Waals surface area contributed by atoms with Gasteiger partial charge in [-0.25, -0.2) is 0 Å². The van der Waals surface area contributed by atoms with Gasteiger partial charge in [-0.3, -0.25) is 4.79 Å². The zero-order valence-corrected chi connectivity index (χ0v) is 14.8. The third-order valence-corrected chi connectivity index (χ3v) is 5.17. The number of nitrogens with two attached hydrogens (primary N) is 1. The molecule has 1 aliphatic carbocycles. The maximum Gasteiger partial charge on any atom is 0.230 e. The van der Waals surface area contributed by atoms with Crippen LogP contribution in [-0.2, 0) is 11.2 Å². The van der Waals surface area contributed by atoms with Crippen LogP contribution in [-0.4, -0.2) is 12.5 Å². The molecule has 1 heterocycles. The number of carbonyl (C=O) groups is 1. The largest absolute Gasteiger partial charge is 0.398 e. The van der Waals surface area contributed by atoms with Gasteiger partial charge in [-0.05, 0) is 60.6 Å². The minimum atomic E-state index is 0. The van der Waals surface area contributed by atoms with Crippen LogP contribution in [0.15, 0.2) is 42.5 Å². The number of nitrogens with zero attached hydrogens (tertiary/aromatic N) is 1. The molecule has 1 saturated carbocycles.